The molecule has 1 radical (unpaired) electrons. The maximum absolute atomic E-state index is 10.7. The monoisotopic (exact) mass is 225 g/mol. The van der Waals surface area contributed by atoms with Gasteiger partial charge in [0.1, 0.15) is 0 Å². The summed E-state index contributed by atoms with van der Waals surface area (Å²) < 4.78 is 20.3. The van der Waals surface area contributed by atoms with Gasteiger partial charge in [-0.05, 0) is 12.8 Å². The van der Waals surface area contributed by atoms with Gasteiger partial charge in [-0.2, -0.15) is 0 Å². The van der Waals surface area contributed by atoms with Crippen LogP contribution in [0.5, 0.6) is 0 Å². The van der Waals surface area contributed by atoms with E-state index in [-0.39, 0.29) is 16.8 Å². The molecule has 0 aromatic rings. The minimum atomic E-state index is -2.16. The first-order chi connectivity index (χ1) is 4.81. The first-order valence-corrected chi connectivity index (χ1v) is 4.83. The third kappa shape index (κ3) is 10.7. The number of rotatable bonds is 6. The van der Waals surface area contributed by atoms with E-state index in [9.17, 15) is 4.57 Å². The van der Waals surface area contributed by atoms with Crippen LogP contribution in [0.2, 0.25) is 0 Å². The smallest absolute Gasteiger partial charge is 0.311 e. The van der Waals surface area contributed by atoms with E-state index in [1.807, 2.05) is 13.8 Å². The molecule has 0 rings (SSSR count). The minimum absolute atomic E-state index is 0. The van der Waals surface area contributed by atoms with E-state index in [1.165, 1.54) is 0 Å². The van der Waals surface area contributed by atoms with Crippen molar-refractivity contribution in [3.05, 3.63) is 0 Å². The summed E-state index contributed by atoms with van der Waals surface area (Å²) in [6, 6.07) is 0. The summed E-state index contributed by atoms with van der Waals surface area (Å²) in [5, 5.41) is 0. The Labute approximate surface area is 79.0 Å². The largest absolute Gasteiger partial charge is 0.319 e. The van der Waals surface area contributed by atoms with Gasteiger partial charge in [-0.3, -0.25) is 4.57 Å². The van der Waals surface area contributed by atoms with Crippen molar-refractivity contribution in [2.75, 3.05) is 13.2 Å². The molecule has 0 aliphatic carbocycles. The zero-order valence-corrected chi connectivity index (χ0v) is 8.93. The summed E-state index contributed by atoms with van der Waals surface area (Å²) >= 11 is 0. The molecule has 0 N–H and O–H groups in total. The molecule has 0 aromatic carbocycles. The Hall–Kier alpha value is 0.656. The van der Waals surface area contributed by atoms with E-state index in [4.69, 9.17) is 9.05 Å². The fourth-order valence-electron chi connectivity index (χ4n) is 0.412. The van der Waals surface area contributed by atoms with E-state index in [0.717, 1.165) is 12.8 Å². The Morgan fingerprint density at radius 3 is 1.73 bits per heavy atom. The standard InChI is InChI=1S/C6H15O3P.Co/c1-3-5-8-10(7)9-6-4-2;/h10H,3-6H2,1-2H3;. The van der Waals surface area contributed by atoms with Crippen molar-refractivity contribution in [3.8, 4) is 0 Å². The molecule has 0 bridgehead atoms. The maximum atomic E-state index is 10.7. The van der Waals surface area contributed by atoms with Gasteiger partial charge < -0.3 is 9.05 Å². The van der Waals surface area contributed by atoms with Crippen LogP contribution in [0.3, 0.4) is 0 Å². The van der Waals surface area contributed by atoms with Gasteiger partial charge in [-0.25, -0.2) is 0 Å². The topological polar surface area (TPSA) is 35.5 Å². The Kier molecular flexibility index (Phi) is 13.8. The second-order valence-corrected chi connectivity index (χ2v) is 3.02. The van der Waals surface area contributed by atoms with Gasteiger partial charge in [0.05, 0.1) is 13.2 Å². The van der Waals surface area contributed by atoms with Crippen molar-refractivity contribution in [2.24, 2.45) is 0 Å². The van der Waals surface area contributed by atoms with Crippen molar-refractivity contribution >= 4 is 8.25 Å². The summed E-state index contributed by atoms with van der Waals surface area (Å²) in [5.74, 6) is 0. The van der Waals surface area contributed by atoms with Crippen LogP contribution in [-0.2, 0) is 30.4 Å². The molecule has 0 aromatic heterocycles. The molecule has 0 spiro atoms. The van der Waals surface area contributed by atoms with Crippen LogP contribution < -0.4 is 0 Å². The van der Waals surface area contributed by atoms with Crippen LogP contribution in [0.25, 0.3) is 0 Å². The van der Waals surface area contributed by atoms with E-state index in [2.05, 4.69) is 0 Å². The molecule has 0 aliphatic rings. The van der Waals surface area contributed by atoms with E-state index in [0.29, 0.717) is 13.2 Å². The molecule has 0 atom stereocenters. The van der Waals surface area contributed by atoms with Crippen LogP contribution in [0, 0.1) is 0 Å². The van der Waals surface area contributed by atoms with Gasteiger partial charge in [-0.1, -0.05) is 13.8 Å². The Balaban J connectivity index is 0. The molecule has 71 valence electrons. The molecule has 0 saturated carbocycles. The average molecular weight is 225 g/mol. The maximum Gasteiger partial charge on any atom is 0.319 e. The summed E-state index contributed by atoms with van der Waals surface area (Å²) in [6.45, 7) is 4.99. The van der Waals surface area contributed by atoms with Gasteiger partial charge in [0.15, 0.2) is 0 Å². The van der Waals surface area contributed by atoms with Crippen LogP contribution in [0.1, 0.15) is 26.7 Å². The molecule has 0 fully saturated rings. The number of hydrogen-bond acceptors (Lipinski definition) is 3. The summed E-state index contributed by atoms with van der Waals surface area (Å²) in [7, 11) is -2.16. The fourth-order valence-corrected chi connectivity index (χ4v) is 1.24. The second kappa shape index (κ2) is 10.7. The summed E-state index contributed by atoms with van der Waals surface area (Å²) in [6.07, 6.45) is 1.76. The minimum Gasteiger partial charge on any atom is -0.311 e. The SMILES string of the molecule is CCCO[PH](=O)OCCC.[Co]. The summed E-state index contributed by atoms with van der Waals surface area (Å²) in [4.78, 5) is 0. The molecule has 5 heteroatoms. The molecule has 11 heavy (non-hydrogen) atoms. The van der Waals surface area contributed by atoms with Gasteiger partial charge in [-0.15, -0.1) is 0 Å². The van der Waals surface area contributed by atoms with Gasteiger partial charge >= 0.3 is 8.25 Å². The zero-order valence-electron chi connectivity index (χ0n) is 6.89. The first kappa shape index (κ1) is 14.2. The van der Waals surface area contributed by atoms with E-state index >= 15 is 0 Å². The molecular weight excluding hydrogens is 210 g/mol. The van der Waals surface area contributed by atoms with Crippen molar-refractivity contribution in [1.82, 2.24) is 0 Å². The third-order valence-electron chi connectivity index (χ3n) is 0.848. The number of hydrogen-bond donors (Lipinski definition) is 0. The molecule has 0 saturated heterocycles. The van der Waals surface area contributed by atoms with Crippen molar-refractivity contribution < 1.29 is 30.4 Å². The third-order valence-corrected chi connectivity index (χ3v) is 1.73. The van der Waals surface area contributed by atoms with Gasteiger partial charge in [0.25, 0.3) is 0 Å². The second-order valence-electron chi connectivity index (χ2n) is 1.95. The Morgan fingerprint density at radius 1 is 1.09 bits per heavy atom. The Morgan fingerprint density at radius 2 is 1.45 bits per heavy atom. The predicted octanol–water partition coefficient (Wildman–Crippen LogP) is 2.23. The molecular formula is C6H15CoO3P. The van der Waals surface area contributed by atoms with Gasteiger partial charge in [0.2, 0.25) is 0 Å². The van der Waals surface area contributed by atoms with E-state index in [1.54, 1.807) is 0 Å². The molecule has 0 unspecified atom stereocenters. The molecule has 0 aliphatic heterocycles. The van der Waals surface area contributed by atoms with E-state index < -0.39 is 8.25 Å². The van der Waals surface area contributed by atoms with Crippen molar-refractivity contribution in [3.63, 3.8) is 0 Å². The van der Waals surface area contributed by atoms with Gasteiger partial charge in [0, 0.05) is 16.8 Å². The molecule has 3 nitrogen and oxygen atoms in total. The van der Waals surface area contributed by atoms with Crippen molar-refractivity contribution in [1.29, 1.82) is 0 Å². The van der Waals surface area contributed by atoms with Crippen LogP contribution in [0.4, 0.5) is 0 Å². The van der Waals surface area contributed by atoms with Crippen molar-refractivity contribution in [2.45, 2.75) is 26.7 Å². The van der Waals surface area contributed by atoms with Crippen LogP contribution in [0.15, 0.2) is 0 Å². The quantitative estimate of drug-likeness (QED) is 0.650. The normalized spacial score (nSPS) is 9.73. The average Bonchev–Trinajstić information content (AvgIpc) is 1.97. The zero-order chi connectivity index (χ0) is 7.82. The van der Waals surface area contributed by atoms with Crippen LogP contribution >= 0.6 is 8.25 Å². The summed E-state index contributed by atoms with van der Waals surface area (Å²) in [5.41, 5.74) is 0. The predicted molar refractivity (Wildman–Crippen MR) is 41.5 cm³/mol. The molecule has 0 amide bonds. The molecule has 0 heterocycles. The van der Waals surface area contributed by atoms with Crippen LogP contribution in [-0.4, -0.2) is 13.2 Å². The fraction of sp³-hybridized carbons (Fsp3) is 1.00. The first-order valence-electron chi connectivity index (χ1n) is 3.60. The Bertz CT molecular complexity index is 89.8.